The maximum atomic E-state index is 12.2. The number of benzene rings is 2. The van der Waals surface area contributed by atoms with Crippen molar-refractivity contribution in [2.24, 2.45) is 0 Å². The fraction of sp³-hybridized carbons (Fsp3) is 0.211. The average molecular weight is 346 g/mol. The Hall–Kier alpha value is -2.46. The lowest BCUT2D eigenvalue weighted by molar-refractivity contribution is 0.410. The Bertz CT molecular complexity index is 932. The van der Waals surface area contributed by atoms with E-state index in [-0.39, 0.29) is 11.5 Å². The van der Waals surface area contributed by atoms with Gasteiger partial charge in [-0.15, -0.1) is 0 Å². The summed E-state index contributed by atoms with van der Waals surface area (Å²) in [5, 5.41) is 11.4. The van der Waals surface area contributed by atoms with Gasteiger partial charge in [0.25, 0.3) is 5.56 Å². The lowest BCUT2D eigenvalue weighted by atomic mass is 10.1. The van der Waals surface area contributed by atoms with Gasteiger partial charge >= 0.3 is 0 Å². The molecule has 1 heterocycles. The van der Waals surface area contributed by atoms with Crippen LogP contribution in [0.15, 0.2) is 41.2 Å². The molecule has 0 aliphatic heterocycles. The number of rotatable bonds is 2. The summed E-state index contributed by atoms with van der Waals surface area (Å²) < 4.78 is 5.57. The van der Waals surface area contributed by atoms with Crippen LogP contribution in [0.25, 0.3) is 10.9 Å². The number of aromatic amines is 1. The number of halogens is 1. The Morgan fingerprint density at radius 3 is 2.50 bits per heavy atom. The van der Waals surface area contributed by atoms with Crippen LogP contribution in [0.2, 0.25) is 5.02 Å². The van der Waals surface area contributed by atoms with Crippen molar-refractivity contribution >= 4 is 22.5 Å². The molecule has 2 N–H and O–H groups in total. The number of pyridine rings is 1. The molecule has 5 heteroatoms. The summed E-state index contributed by atoms with van der Waals surface area (Å²) in [6.45, 7) is 7.75. The van der Waals surface area contributed by atoms with Gasteiger partial charge in [-0.05, 0) is 49.2 Å². The molecule has 126 valence electrons. The molecule has 0 unspecified atom stereocenters. The smallest absolute Gasteiger partial charge is 0.295 e. The Morgan fingerprint density at radius 2 is 1.83 bits per heavy atom. The number of aromatic hydroxyl groups is 1. The van der Waals surface area contributed by atoms with E-state index in [1.54, 1.807) is 24.3 Å². The van der Waals surface area contributed by atoms with Gasteiger partial charge in [-0.3, -0.25) is 4.79 Å². The van der Waals surface area contributed by atoms with E-state index in [1.807, 2.05) is 39.8 Å². The van der Waals surface area contributed by atoms with Gasteiger partial charge in [-0.1, -0.05) is 37.6 Å². The molecule has 3 aromatic rings. The second kappa shape index (κ2) is 7.41. The molecule has 0 atom stereocenters. The predicted octanol–water partition coefficient (Wildman–Crippen LogP) is 5.32. The van der Waals surface area contributed by atoms with Gasteiger partial charge in [0, 0.05) is 10.4 Å². The zero-order chi connectivity index (χ0) is 17.9. The summed E-state index contributed by atoms with van der Waals surface area (Å²) >= 11 is 6.04. The third-order valence-corrected chi connectivity index (χ3v) is 3.84. The number of H-pyrrole nitrogens is 1. The van der Waals surface area contributed by atoms with Crippen LogP contribution >= 0.6 is 11.6 Å². The number of fused-ring (bicyclic) bond motifs is 1. The molecule has 0 aliphatic rings. The van der Waals surface area contributed by atoms with Gasteiger partial charge in [0.05, 0.1) is 5.52 Å². The molecule has 1 aromatic heterocycles. The molecular formula is C19H20ClNO3. The van der Waals surface area contributed by atoms with Crippen molar-refractivity contribution < 1.29 is 9.84 Å². The van der Waals surface area contributed by atoms with Crippen LogP contribution in [-0.4, -0.2) is 10.1 Å². The molecular weight excluding hydrogens is 326 g/mol. The van der Waals surface area contributed by atoms with E-state index in [9.17, 15) is 9.90 Å². The van der Waals surface area contributed by atoms with Crippen molar-refractivity contribution in [2.75, 3.05) is 0 Å². The normalized spacial score (nSPS) is 10.2. The standard InChI is InChI=1S/C17H14ClNO3.C2H6/c1-9-4-3-5-11(6-9)22-16-15(20)12-7-10(2)13(18)8-14(12)19-17(16)21;1-2/h3-8H,1-2H3,(H2,19,20,21);1-2H3. The second-order valence-corrected chi connectivity index (χ2v) is 5.60. The van der Waals surface area contributed by atoms with Crippen LogP contribution in [0.4, 0.5) is 0 Å². The summed E-state index contributed by atoms with van der Waals surface area (Å²) in [5.41, 5.74) is 1.76. The van der Waals surface area contributed by atoms with Crippen molar-refractivity contribution in [1.29, 1.82) is 0 Å². The first-order valence-electron chi connectivity index (χ1n) is 7.75. The number of nitrogens with one attached hydrogen (secondary N) is 1. The molecule has 0 fully saturated rings. The minimum atomic E-state index is -0.508. The van der Waals surface area contributed by atoms with Crippen molar-refractivity contribution in [2.45, 2.75) is 27.7 Å². The molecule has 0 aliphatic carbocycles. The number of aromatic nitrogens is 1. The molecule has 0 saturated carbocycles. The van der Waals surface area contributed by atoms with E-state index >= 15 is 0 Å². The van der Waals surface area contributed by atoms with Crippen molar-refractivity contribution in [3.05, 3.63) is 62.9 Å². The largest absolute Gasteiger partial charge is 0.504 e. The zero-order valence-electron chi connectivity index (χ0n) is 14.1. The summed E-state index contributed by atoms with van der Waals surface area (Å²) in [4.78, 5) is 14.8. The number of hydrogen-bond acceptors (Lipinski definition) is 3. The lowest BCUT2D eigenvalue weighted by Gasteiger charge is -2.10. The lowest BCUT2D eigenvalue weighted by Crippen LogP contribution is -2.09. The Kier molecular flexibility index (Phi) is 5.52. The van der Waals surface area contributed by atoms with E-state index in [1.165, 1.54) is 0 Å². The third kappa shape index (κ3) is 3.54. The first kappa shape index (κ1) is 17.9. The first-order chi connectivity index (χ1) is 11.5. The van der Waals surface area contributed by atoms with Crippen molar-refractivity contribution in [3.8, 4) is 17.2 Å². The maximum Gasteiger partial charge on any atom is 0.295 e. The molecule has 3 rings (SSSR count). The van der Waals surface area contributed by atoms with Crippen LogP contribution in [-0.2, 0) is 0 Å². The first-order valence-corrected chi connectivity index (χ1v) is 8.13. The monoisotopic (exact) mass is 345 g/mol. The Balaban J connectivity index is 0.00000100. The van der Waals surface area contributed by atoms with E-state index < -0.39 is 5.56 Å². The highest BCUT2D eigenvalue weighted by Crippen LogP contribution is 2.35. The SMILES string of the molecule is CC.Cc1cccc(Oc2c(O)c3cc(C)c(Cl)cc3[nH]c2=O)c1. The van der Waals surface area contributed by atoms with Crippen LogP contribution in [0, 0.1) is 13.8 Å². The molecule has 0 radical (unpaired) electrons. The van der Waals surface area contributed by atoms with Crippen LogP contribution in [0.1, 0.15) is 25.0 Å². The van der Waals surface area contributed by atoms with Crippen LogP contribution in [0.5, 0.6) is 17.2 Å². The number of hydrogen-bond donors (Lipinski definition) is 2. The van der Waals surface area contributed by atoms with Gasteiger partial charge in [0.15, 0.2) is 5.75 Å². The van der Waals surface area contributed by atoms with E-state index in [2.05, 4.69) is 4.98 Å². The average Bonchev–Trinajstić information content (AvgIpc) is 2.56. The van der Waals surface area contributed by atoms with Crippen LogP contribution in [0.3, 0.4) is 0 Å². The van der Waals surface area contributed by atoms with Gasteiger partial charge < -0.3 is 14.8 Å². The minimum absolute atomic E-state index is 0.125. The van der Waals surface area contributed by atoms with Gasteiger partial charge in [0.1, 0.15) is 5.75 Å². The maximum absolute atomic E-state index is 12.2. The summed E-state index contributed by atoms with van der Waals surface area (Å²) in [5.74, 6) is 0.172. The molecule has 0 bridgehead atoms. The quantitative estimate of drug-likeness (QED) is 0.660. The molecule has 4 nitrogen and oxygen atoms in total. The van der Waals surface area contributed by atoms with Gasteiger partial charge in [-0.2, -0.15) is 0 Å². The van der Waals surface area contributed by atoms with Gasteiger partial charge in [-0.25, -0.2) is 0 Å². The number of aryl methyl sites for hydroxylation is 2. The summed E-state index contributed by atoms with van der Waals surface area (Å²) in [6.07, 6.45) is 0. The minimum Gasteiger partial charge on any atom is -0.504 e. The molecule has 2 aromatic carbocycles. The van der Waals surface area contributed by atoms with E-state index in [4.69, 9.17) is 16.3 Å². The Morgan fingerprint density at radius 1 is 1.12 bits per heavy atom. The molecule has 0 spiro atoms. The van der Waals surface area contributed by atoms with E-state index in [0.717, 1.165) is 11.1 Å². The summed E-state index contributed by atoms with van der Waals surface area (Å²) in [6, 6.07) is 10.6. The Labute approximate surface area is 145 Å². The number of ether oxygens (including phenoxy) is 1. The fourth-order valence-electron chi connectivity index (χ4n) is 2.28. The fourth-order valence-corrected chi connectivity index (χ4v) is 2.44. The highest BCUT2D eigenvalue weighted by Gasteiger charge is 2.15. The molecule has 24 heavy (non-hydrogen) atoms. The third-order valence-electron chi connectivity index (χ3n) is 3.43. The predicted molar refractivity (Wildman–Crippen MR) is 98.6 cm³/mol. The topological polar surface area (TPSA) is 62.3 Å². The van der Waals surface area contributed by atoms with Gasteiger partial charge in [0.2, 0.25) is 5.75 Å². The van der Waals surface area contributed by atoms with Crippen LogP contribution < -0.4 is 10.3 Å². The second-order valence-electron chi connectivity index (χ2n) is 5.20. The van der Waals surface area contributed by atoms with E-state index in [0.29, 0.717) is 21.7 Å². The summed E-state index contributed by atoms with van der Waals surface area (Å²) in [7, 11) is 0. The molecule has 0 saturated heterocycles. The highest BCUT2D eigenvalue weighted by atomic mass is 35.5. The van der Waals surface area contributed by atoms with Crippen molar-refractivity contribution in [1.82, 2.24) is 4.98 Å². The molecule has 0 amide bonds. The van der Waals surface area contributed by atoms with Crippen molar-refractivity contribution in [3.63, 3.8) is 0 Å². The highest BCUT2D eigenvalue weighted by molar-refractivity contribution is 6.32. The zero-order valence-corrected chi connectivity index (χ0v) is 14.9.